The van der Waals surface area contributed by atoms with E-state index in [-0.39, 0.29) is 5.91 Å². The lowest BCUT2D eigenvalue weighted by Crippen LogP contribution is -2.15. The Bertz CT molecular complexity index is 858. The molecule has 3 aromatic rings. The van der Waals surface area contributed by atoms with Crippen molar-refractivity contribution in [2.75, 3.05) is 10.6 Å². The van der Waals surface area contributed by atoms with Crippen LogP contribution in [0.4, 0.5) is 17.1 Å². The number of benzene rings is 3. The van der Waals surface area contributed by atoms with Gasteiger partial charge in [0.2, 0.25) is 5.91 Å². The molecule has 3 rings (SSSR count). The Hall–Kier alpha value is -2.59. The van der Waals surface area contributed by atoms with Crippen LogP contribution in [0.15, 0.2) is 77.3 Å². The maximum atomic E-state index is 12.4. The van der Waals surface area contributed by atoms with Crippen molar-refractivity contribution >= 4 is 38.9 Å². The van der Waals surface area contributed by atoms with Crippen LogP contribution in [0.5, 0.6) is 0 Å². The molecule has 0 aliphatic heterocycles. The smallest absolute Gasteiger partial charge is 0.228 e. The van der Waals surface area contributed by atoms with Crippen LogP contribution in [0.3, 0.4) is 0 Å². The summed E-state index contributed by atoms with van der Waals surface area (Å²) in [6.07, 6.45) is 0.339. The highest BCUT2D eigenvalue weighted by Crippen LogP contribution is 2.25. The van der Waals surface area contributed by atoms with Crippen molar-refractivity contribution in [1.29, 1.82) is 0 Å². The molecule has 1 amide bonds. The van der Waals surface area contributed by atoms with E-state index in [0.29, 0.717) is 6.42 Å². The summed E-state index contributed by atoms with van der Waals surface area (Å²) < 4.78 is 1.00. The standard InChI is InChI=1S/C21H19BrN2O/c1-15-6-12-18(13-7-15)23-19-4-2-3-5-20(19)24-21(25)14-16-8-10-17(22)11-9-16/h2-13,23H,14H2,1H3,(H,24,25). The lowest BCUT2D eigenvalue weighted by Gasteiger charge is -2.13. The predicted molar refractivity (Wildman–Crippen MR) is 107 cm³/mol. The third-order valence-electron chi connectivity index (χ3n) is 3.81. The van der Waals surface area contributed by atoms with Crippen molar-refractivity contribution in [2.24, 2.45) is 0 Å². The lowest BCUT2D eigenvalue weighted by molar-refractivity contribution is -0.115. The number of amides is 1. The van der Waals surface area contributed by atoms with E-state index in [1.807, 2.05) is 60.7 Å². The first-order valence-electron chi connectivity index (χ1n) is 8.07. The van der Waals surface area contributed by atoms with Gasteiger partial charge < -0.3 is 10.6 Å². The van der Waals surface area contributed by atoms with Crippen molar-refractivity contribution in [1.82, 2.24) is 0 Å². The number of hydrogen-bond acceptors (Lipinski definition) is 2. The molecule has 0 atom stereocenters. The van der Waals surface area contributed by atoms with E-state index in [1.165, 1.54) is 5.56 Å². The van der Waals surface area contributed by atoms with Crippen LogP contribution in [0, 0.1) is 6.92 Å². The van der Waals surface area contributed by atoms with Gasteiger partial charge in [0.15, 0.2) is 0 Å². The number of hydrogen-bond donors (Lipinski definition) is 2. The molecule has 25 heavy (non-hydrogen) atoms. The molecule has 0 fully saturated rings. The number of carbonyl (C=O) groups is 1. The minimum Gasteiger partial charge on any atom is -0.354 e. The zero-order chi connectivity index (χ0) is 17.6. The Kier molecular flexibility index (Phi) is 5.51. The number of carbonyl (C=O) groups excluding carboxylic acids is 1. The minimum atomic E-state index is -0.0412. The fourth-order valence-electron chi connectivity index (χ4n) is 2.48. The summed E-state index contributed by atoms with van der Waals surface area (Å²) in [5.74, 6) is -0.0412. The molecule has 0 bridgehead atoms. The molecule has 4 heteroatoms. The summed E-state index contributed by atoms with van der Waals surface area (Å²) in [5, 5.41) is 6.35. The summed E-state index contributed by atoms with van der Waals surface area (Å²) in [7, 11) is 0. The van der Waals surface area contributed by atoms with Gasteiger partial charge in [-0.2, -0.15) is 0 Å². The van der Waals surface area contributed by atoms with Crippen LogP contribution in [0.25, 0.3) is 0 Å². The fourth-order valence-corrected chi connectivity index (χ4v) is 2.74. The number of halogens is 1. The second-order valence-corrected chi connectivity index (χ2v) is 6.80. The molecule has 0 spiro atoms. The minimum absolute atomic E-state index is 0.0412. The van der Waals surface area contributed by atoms with Crippen LogP contribution in [0.1, 0.15) is 11.1 Å². The average Bonchev–Trinajstić information content (AvgIpc) is 2.61. The molecule has 0 saturated carbocycles. The van der Waals surface area contributed by atoms with Crippen molar-refractivity contribution in [2.45, 2.75) is 13.3 Å². The second-order valence-electron chi connectivity index (χ2n) is 5.89. The highest BCUT2D eigenvalue weighted by molar-refractivity contribution is 9.10. The van der Waals surface area contributed by atoms with Gasteiger partial charge in [0.1, 0.15) is 0 Å². The number of rotatable bonds is 5. The summed E-state index contributed by atoms with van der Waals surface area (Å²) in [5.41, 5.74) is 4.81. The van der Waals surface area contributed by atoms with Gasteiger partial charge >= 0.3 is 0 Å². The van der Waals surface area contributed by atoms with Gasteiger partial charge in [-0.25, -0.2) is 0 Å². The van der Waals surface area contributed by atoms with Crippen molar-refractivity contribution in [3.05, 3.63) is 88.4 Å². The largest absolute Gasteiger partial charge is 0.354 e. The molecular formula is C21H19BrN2O. The van der Waals surface area contributed by atoms with Crippen molar-refractivity contribution in [3.63, 3.8) is 0 Å². The van der Waals surface area contributed by atoms with Crippen LogP contribution in [-0.4, -0.2) is 5.91 Å². The van der Waals surface area contributed by atoms with E-state index in [4.69, 9.17) is 0 Å². The molecule has 2 N–H and O–H groups in total. The normalized spacial score (nSPS) is 10.3. The highest BCUT2D eigenvalue weighted by atomic mass is 79.9. The van der Waals surface area contributed by atoms with Crippen LogP contribution < -0.4 is 10.6 Å². The third kappa shape index (κ3) is 4.94. The first kappa shape index (κ1) is 17.2. The molecule has 0 unspecified atom stereocenters. The maximum Gasteiger partial charge on any atom is 0.228 e. The lowest BCUT2D eigenvalue weighted by atomic mass is 10.1. The highest BCUT2D eigenvalue weighted by Gasteiger charge is 2.08. The number of nitrogens with one attached hydrogen (secondary N) is 2. The maximum absolute atomic E-state index is 12.4. The number of anilines is 3. The zero-order valence-electron chi connectivity index (χ0n) is 13.9. The number of aryl methyl sites for hydroxylation is 1. The molecule has 126 valence electrons. The number of para-hydroxylation sites is 2. The van der Waals surface area contributed by atoms with Crippen LogP contribution >= 0.6 is 15.9 Å². The van der Waals surface area contributed by atoms with Gasteiger partial charge in [0, 0.05) is 10.2 Å². The first-order valence-corrected chi connectivity index (χ1v) is 8.86. The van der Waals surface area contributed by atoms with Gasteiger partial charge in [-0.15, -0.1) is 0 Å². The van der Waals surface area contributed by atoms with E-state index in [9.17, 15) is 4.79 Å². The molecular weight excluding hydrogens is 376 g/mol. The molecule has 0 radical (unpaired) electrons. The van der Waals surface area contributed by atoms with Crippen LogP contribution in [0.2, 0.25) is 0 Å². The summed E-state index contributed by atoms with van der Waals surface area (Å²) in [4.78, 5) is 12.4. The van der Waals surface area contributed by atoms with Crippen molar-refractivity contribution in [3.8, 4) is 0 Å². The van der Waals surface area contributed by atoms with E-state index in [1.54, 1.807) is 0 Å². The zero-order valence-corrected chi connectivity index (χ0v) is 15.5. The van der Waals surface area contributed by atoms with Gasteiger partial charge in [0.05, 0.1) is 17.8 Å². The average molecular weight is 395 g/mol. The SMILES string of the molecule is Cc1ccc(Nc2ccccc2NC(=O)Cc2ccc(Br)cc2)cc1. The van der Waals surface area contributed by atoms with Gasteiger partial charge in [-0.05, 0) is 48.9 Å². The second kappa shape index (κ2) is 7.99. The van der Waals surface area contributed by atoms with E-state index in [2.05, 4.69) is 45.6 Å². The third-order valence-corrected chi connectivity index (χ3v) is 4.34. The summed E-state index contributed by atoms with van der Waals surface area (Å²) in [6, 6.07) is 23.6. The topological polar surface area (TPSA) is 41.1 Å². The quantitative estimate of drug-likeness (QED) is 0.583. The fraction of sp³-hybridized carbons (Fsp3) is 0.0952. The summed E-state index contributed by atoms with van der Waals surface area (Å²) in [6.45, 7) is 2.06. The monoisotopic (exact) mass is 394 g/mol. The summed E-state index contributed by atoms with van der Waals surface area (Å²) >= 11 is 3.40. The van der Waals surface area contributed by atoms with Gasteiger partial charge in [0.25, 0.3) is 0 Å². The predicted octanol–water partition coefficient (Wildman–Crippen LogP) is 5.68. The molecule has 0 aliphatic carbocycles. The Labute approximate surface area is 156 Å². The molecule has 0 heterocycles. The Morgan fingerprint density at radius 2 is 1.52 bits per heavy atom. The molecule has 0 aromatic heterocycles. The van der Waals surface area contributed by atoms with Gasteiger partial charge in [-0.1, -0.05) is 57.9 Å². The van der Waals surface area contributed by atoms with Gasteiger partial charge in [-0.3, -0.25) is 4.79 Å². The van der Waals surface area contributed by atoms with E-state index < -0.39 is 0 Å². The van der Waals surface area contributed by atoms with Crippen molar-refractivity contribution < 1.29 is 4.79 Å². The van der Waals surface area contributed by atoms with Crippen LogP contribution in [-0.2, 0) is 11.2 Å². The molecule has 3 nitrogen and oxygen atoms in total. The molecule has 0 saturated heterocycles. The first-order chi connectivity index (χ1) is 12.1. The van der Waals surface area contributed by atoms with E-state index >= 15 is 0 Å². The Morgan fingerprint density at radius 3 is 2.20 bits per heavy atom. The van der Waals surface area contributed by atoms with E-state index in [0.717, 1.165) is 27.1 Å². The Balaban J connectivity index is 1.70. The molecule has 0 aliphatic rings. The Morgan fingerprint density at radius 1 is 0.880 bits per heavy atom. The molecule has 3 aromatic carbocycles.